The van der Waals surface area contributed by atoms with E-state index in [9.17, 15) is 4.79 Å². The Morgan fingerprint density at radius 1 is 1.22 bits per heavy atom. The van der Waals surface area contributed by atoms with E-state index in [1.165, 1.54) is 16.3 Å². The van der Waals surface area contributed by atoms with Crippen LogP contribution in [-0.2, 0) is 11.2 Å². The molecule has 3 N–H and O–H groups in total. The Hall–Kier alpha value is -1.87. The lowest BCUT2D eigenvalue weighted by Crippen LogP contribution is -2.53. The van der Waals surface area contributed by atoms with Crippen molar-refractivity contribution in [2.45, 2.75) is 44.6 Å². The number of nitrogens with one attached hydrogen (secondary N) is 1. The highest BCUT2D eigenvalue weighted by Gasteiger charge is 2.37. The minimum absolute atomic E-state index is 0.0483. The molecule has 2 aromatic rings. The molecule has 23 heavy (non-hydrogen) atoms. The zero-order chi connectivity index (χ0) is 16.3. The van der Waals surface area contributed by atoms with Crippen LogP contribution in [-0.4, -0.2) is 18.0 Å². The molecule has 0 saturated heterocycles. The van der Waals surface area contributed by atoms with Crippen molar-refractivity contribution in [1.82, 2.24) is 5.32 Å². The molecule has 1 saturated carbocycles. The second kappa shape index (κ2) is 6.71. The van der Waals surface area contributed by atoms with Crippen LogP contribution in [0.2, 0.25) is 0 Å². The Morgan fingerprint density at radius 2 is 2.00 bits per heavy atom. The predicted octanol–water partition coefficient (Wildman–Crippen LogP) is 3.41. The van der Waals surface area contributed by atoms with E-state index in [0.717, 1.165) is 32.1 Å². The summed E-state index contributed by atoms with van der Waals surface area (Å²) in [7, 11) is 0. The van der Waals surface area contributed by atoms with Crippen LogP contribution in [0.25, 0.3) is 10.8 Å². The van der Waals surface area contributed by atoms with Gasteiger partial charge in [0.05, 0.1) is 5.92 Å². The second-order valence-electron chi connectivity index (χ2n) is 7.03. The first-order chi connectivity index (χ1) is 11.1. The first kappa shape index (κ1) is 16.0. The number of amides is 1. The molecule has 2 aromatic carbocycles. The van der Waals surface area contributed by atoms with E-state index in [-0.39, 0.29) is 17.4 Å². The monoisotopic (exact) mass is 310 g/mol. The Morgan fingerprint density at radius 3 is 2.78 bits per heavy atom. The van der Waals surface area contributed by atoms with Crippen molar-refractivity contribution in [2.75, 3.05) is 6.54 Å². The predicted molar refractivity (Wildman–Crippen MR) is 95.2 cm³/mol. The number of nitrogens with two attached hydrogens (primary N) is 1. The fourth-order valence-corrected chi connectivity index (χ4v) is 3.64. The van der Waals surface area contributed by atoms with E-state index in [4.69, 9.17) is 5.73 Å². The summed E-state index contributed by atoms with van der Waals surface area (Å²) in [6.07, 6.45) is 4.94. The van der Waals surface area contributed by atoms with E-state index in [2.05, 4.69) is 47.8 Å². The number of fused-ring (bicyclic) bond motifs is 1. The van der Waals surface area contributed by atoms with Gasteiger partial charge in [0.2, 0.25) is 5.91 Å². The highest BCUT2D eigenvalue weighted by Crippen LogP contribution is 2.31. The fourth-order valence-electron chi connectivity index (χ4n) is 3.64. The van der Waals surface area contributed by atoms with Gasteiger partial charge >= 0.3 is 0 Å². The van der Waals surface area contributed by atoms with Crippen molar-refractivity contribution in [3.05, 3.63) is 48.0 Å². The van der Waals surface area contributed by atoms with Crippen LogP contribution in [0.3, 0.4) is 0 Å². The highest BCUT2D eigenvalue weighted by molar-refractivity contribution is 5.83. The number of carbonyl (C=O) groups excluding carboxylic acids is 1. The first-order valence-electron chi connectivity index (χ1n) is 8.60. The van der Waals surface area contributed by atoms with E-state index in [1.54, 1.807) is 0 Å². The van der Waals surface area contributed by atoms with Crippen LogP contribution in [0.15, 0.2) is 42.5 Å². The number of carbonyl (C=O) groups is 1. The molecule has 2 unspecified atom stereocenters. The molecule has 122 valence electrons. The number of hydrogen-bond acceptors (Lipinski definition) is 2. The largest absolute Gasteiger partial charge is 0.355 e. The van der Waals surface area contributed by atoms with Gasteiger partial charge in [0, 0.05) is 12.1 Å². The maximum atomic E-state index is 12.4. The molecule has 3 rings (SSSR count). The van der Waals surface area contributed by atoms with E-state index < -0.39 is 0 Å². The van der Waals surface area contributed by atoms with Crippen LogP contribution < -0.4 is 11.1 Å². The molecule has 0 heterocycles. The molecular weight excluding hydrogens is 284 g/mol. The number of rotatable bonds is 4. The standard InChI is InChI=1S/C20H26N2O/c1-20(21)12-5-4-8-18(20)19(23)22-13-11-15-9-10-16-6-2-3-7-17(16)14-15/h2-3,6-7,9-10,14,18H,4-5,8,11-13,21H2,1H3,(H,22,23). The average Bonchev–Trinajstić information content (AvgIpc) is 2.54. The van der Waals surface area contributed by atoms with Gasteiger partial charge in [-0.1, -0.05) is 55.3 Å². The van der Waals surface area contributed by atoms with Crippen molar-refractivity contribution in [2.24, 2.45) is 11.7 Å². The summed E-state index contributed by atoms with van der Waals surface area (Å²) in [6.45, 7) is 2.68. The topological polar surface area (TPSA) is 55.1 Å². The lowest BCUT2D eigenvalue weighted by Gasteiger charge is -2.37. The number of hydrogen-bond donors (Lipinski definition) is 2. The van der Waals surface area contributed by atoms with Crippen molar-refractivity contribution in [1.29, 1.82) is 0 Å². The minimum atomic E-state index is -0.356. The molecule has 0 aromatic heterocycles. The van der Waals surface area contributed by atoms with Gasteiger partial charge in [0.25, 0.3) is 0 Å². The van der Waals surface area contributed by atoms with Gasteiger partial charge < -0.3 is 11.1 Å². The zero-order valence-corrected chi connectivity index (χ0v) is 13.8. The van der Waals surface area contributed by atoms with E-state index in [0.29, 0.717) is 6.54 Å². The van der Waals surface area contributed by atoms with Gasteiger partial charge in [-0.3, -0.25) is 4.79 Å². The van der Waals surface area contributed by atoms with Gasteiger partial charge in [-0.2, -0.15) is 0 Å². The summed E-state index contributed by atoms with van der Waals surface area (Å²) < 4.78 is 0. The van der Waals surface area contributed by atoms with Crippen LogP contribution in [0.4, 0.5) is 0 Å². The third-order valence-electron chi connectivity index (χ3n) is 5.10. The smallest absolute Gasteiger partial charge is 0.224 e. The van der Waals surface area contributed by atoms with Crippen LogP contribution in [0, 0.1) is 5.92 Å². The molecule has 3 nitrogen and oxygen atoms in total. The molecule has 0 spiro atoms. The van der Waals surface area contributed by atoms with Crippen molar-refractivity contribution in [3.63, 3.8) is 0 Å². The van der Waals surface area contributed by atoms with Gasteiger partial charge in [-0.25, -0.2) is 0 Å². The SMILES string of the molecule is CC1(N)CCCCC1C(=O)NCCc1ccc2ccccc2c1. The molecule has 2 atom stereocenters. The maximum Gasteiger partial charge on any atom is 0.224 e. The third-order valence-corrected chi connectivity index (χ3v) is 5.10. The molecule has 1 aliphatic carbocycles. The Balaban J connectivity index is 1.56. The summed E-state index contributed by atoms with van der Waals surface area (Å²) >= 11 is 0. The summed E-state index contributed by atoms with van der Waals surface area (Å²) in [6, 6.07) is 14.8. The Kier molecular flexibility index (Phi) is 4.67. The summed E-state index contributed by atoms with van der Waals surface area (Å²) in [5.74, 6) is 0.0725. The summed E-state index contributed by atoms with van der Waals surface area (Å²) in [5, 5.41) is 5.59. The molecular formula is C20H26N2O. The maximum absolute atomic E-state index is 12.4. The number of benzene rings is 2. The van der Waals surface area contributed by atoms with Crippen LogP contribution in [0.5, 0.6) is 0 Å². The Bertz CT molecular complexity index is 693. The van der Waals surface area contributed by atoms with E-state index in [1.807, 2.05) is 6.92 Å². The lowest BCUT2D eigenvalue weighted by atomic mass is 9.74. The molecule has 3 heteroatoms. The van der Waals surface area contributed by atoms with Gasteiger partial charge in [0.15, 0.2) is 0 Å². The molecule has 0 radical (unpaired) electrons. The van der Waals surface area contributed by atoms with Crippen LogP contribution >= 0.6 is 0 Å². The Labute approximate surface area is 138 Å². The molecule has 1 fully saturated rings. The molecule has 1 amide bonds. The normalized spacial score (nSPS) is 24.5. The average molecular weight is 310 g/mol. The summed E-state index contributed by atoms with van der Waals surface area (Å²) in [4.78, 5) is 12.4. The van der Waals surface area contributed by atoms with Crippen molar-refractivity contribution < 1.29 is 4.79 Å². The fraction of sp³-hybridized carbons (Fsp3) is 0.450. The lowest BCUT2D eigenvalue weighted by molar-refractivity contribution is -0.128. The highest BCUT2D eigenvalue weighted by atomic mass is 16.1. The third kappa shape index (κ3) is 3.73. The van der Waals surface area contributed by atoms with Gasteiger partial charge in [-0.15, -0.1) is 0 Å². The minimum Gasteiger partial charge on any atom is -0.355 e. The zero-order valence-electron chi connectivity index (χ0n) is 13.8. The van der Waals surface area contributed by atoms with Crippen molar-refractivity contribution in [3.8, 4) is 0 Å². The van der Waals surface area contributed by atoms with E-state index >= 15 is 0 Å². The second-order valence-corrected chi connectivity index (χ2v) is 7.03. The molecule has 0 aliphatic heterocycles. The van der Waals surface area contributed by atoms with Crippen LogP contribution in [0.1, 0.15) is 38.2 Å². The first-order valence-corrected chi connectivity index (χ1v) is 8.60. The van der Waals surface area contributed by atoms with Gasteiger partial charge in [-0.05, 0) is 42.5 Å². The van der Waals surface area contributed by atoms with Gasteiger partial charge in [0.1, 0.15) is 0 Å². The summed E-state index contributed by atoms with van der Waals surface area (Å²) in [5.41, 5.74) is 7.20. The quantitative estimate of drug-likeness (QED) is 0.909. The van der Waals surface area contributed by atoms with Crippen molar-refractivity contribution >= 4 is 16.7 Å². The molecule has 0 bridgehead atoms. The molecule has 1 aliphatic rings.